The van der Waals surface area contributed by atoms with Gasteiger partial charge >= 0.3 is 5.97 Å². The lowest BCUT2D eigenvalue weighted by Gasteiger charge is -2.57. The summed E-state index contributed by atoms with van der Waals surface area (Å²) in [4.78, 5) is 38.8. The number of rotatable bonds is 8. The number of nitrogens with zero attached hydrogens (tertiary/aromatic N) is 1. The third kappa shape index (κ3) is 4.39. The van der Waals surface area contributed by atoms with Crippen LogP contribution < -0.4 is 4.74 Å². The maximum atomic E-state index is 13.0. The zero-order valence-corrected chi connectivity index (χ0v) is 20.8. The Morgan fingerprint density at radius 3 is 2.44 bits per heavy atom. The van der Waals surface area contributed by atoms with Crippen molar-refractivity contribution in [1.82, 2.24) is 4.90 Å². The Balaban J connectivity index is 1.37. The Hall–Kier alpha value is -2.28. The summed E-state index contributed by atoms with van der Waals surface area (Å²) in [5.74, 6) is 2.18. The van der Waals surface area contributed by atoms with E-state index in [0.29, 0.717) is 17.3 Å². The molecule has 1 aromatic carbocycles. The molecule has 2 amide bonds. The van der Waals surface area contributed by atoms with Crippen LogP contribution in [0.5, 0.6) is 5.75 Å². The van der Waals surface area contributed by atoms with Gasteiger partial charge in [-0.15, -0.1) is 0 Å². The molecule has 6 rings (SSSR count). The molecule has 6 nitrogen and oxygen atoms in total. The molecule has 34 heavy (non-hydrogen) atoms. The molecule has 4 aliphatic carbocycles. The molecule has 182 valence electrons. The normalized spacial score (nSPS) is 30.9. The van der Waals surface area contributed by atoms with Crippen molar-refractivity contribution >= 4 is 35.0 Å². The smallest absolute Gasteiger partial charge is 0.326 e. The van der Waals surface area contributed by atoms with Crippen molar-refractivity contribution in [2.45, 2.75) is 63.7 Å². The molecular weight excluding hydrogens is 450 g/mol. The van der Waals surface area contributed by atoms with Gasteiger partial charge in [0, 0.05) is 5.56 Å². The van der Waals surface area contributed by atoms with Crippen molar-refractivity contribution < 1.29 is 23.9 Å². The minimum absolute atomic E-state index is 0.227. The molecule has 0 unspecified atom stereocenters. The molecule has 1 aromatic rings. The van der Waals surface area contributed by atoms with Gasteiger partial charge in [-0.3, -0.25) is 19.3 Å². The Morgan fingerprint density at radius 2 is 1.82 bits per heavy atom. The molecule has 1 saturated heterocycles. The summed E-state index contributed by atoms with van der Waals surface area (Å²) >= 11 is 0.867. The van der Waals surface area contributed by atoms with E-state index in [4.69, 9.17) is 9.47 Å². The molecule has 0 radical (unpaired) electrons. The Morgan fingerprint density at radius 1 is 1.15 bits per heavy atom. The number of methoxy groups -OCH3 is 1. The lowest BCUT2D eigenvalue weighted by molar-refractivity contribution is -0.146. The van der Waals surface area contributed by atoms with Crippen LogP contribution in [0.2, 0.25) is 0 Å². The number of hydrogen-bond acceptors (Lipinski definition) is 6. The van der Waals surface area contributed by atoms with E-state index in [2.05, 4.69) is 12.1 Å². The molecule has 5 fully saturated rings. The number of amides is 2. The van der Waals surface area contributed by atoms with Crippen molar-refractivity contribution in [2.24, 2.45) is 17.8 Å². The van der Waals surface area contributed by atoms with Gasteiger partial charge in [-0.1, -0.05) is 19.4 Å². The lowest BCUT2D eigenvalue weighted by atomic mass is 9.48. The highest BCUT2D eigenvalue weighted by atomic mass is 32.2. The van der Waals surface area contributed by atoms with Gasteiger partial charge in [-0.25, -0.2) is 0 Å². The Bertz CT molecular complexity index is 997. The number of thioether (sulfide) groups is 1. The first-order chi connectivity index (χ1) is 16.4. The van der Waals surface area contributed by atoms with Crippen LogP contribution in [0, 0.1) is 17.8 Å². The van der Waals surface area contributed by atoms with Crippen molar-refractivity contribution in [3.63, 3.8) is 0 Å². The van der Waals surface area contributed by atoms with E-state index >= 15 is 0 Å². The highest BCUT2D eigenvalue weighted by Gasteiger charge is 2.51. The molecule has 0 aromatic heterocycles. The van der Waals surface area contributed by atoms with Gasteiger partial charge < -0.3 is 9.47 Å². The van der Waals surface area contributed by atoms with Crippen molar-refractivity contribution in [2.75, 3.05) is 20.3 Å². The fourth-order valence-electron chi connectivity index (χ4n) is 6.92. The zero-order chi connectivity index (χ0) is 23.9. The van der Waals surface area contributed by atoms with E-state index in [0.717, 1.165) is 52.8 Å². The van der Waals surface area contributed by atoms with E-state index in [9.17, 15) is 14.4 Å². The number of imide groups is 1. The van der Waals surface area contributed by atoms with Gasteiger partial charge in [0.15, 0.2) is 0 Å². The van der Waals surface area contributed by atoms with Gasteiger partial charge in [0.2, 0.25) is 0 Å². The SMILES string of the molecule is CCCCOC(=O)CN1C(=O)S/C(=C/c2cc(C34CC5CC(CC(C5)C3)C4)ccc2OC)C1=O. The van der Waals surface area contributed by atoms with Crippen molar-refractivity contribution in [3.05, 3.63) is 34.2 Å². The van der Waals surface area contributed by atoms with Gasteiger partial charge in [0.1, 0.15) is 12.3 Å². The zero-order valence-electron chi connectivity index (χ0n) is 20.0. The fourth-order valence-corrected chi connectivity index (χ4v) is 7.75. The summed E-state index contributed by atoms with van der Waals surface area (Å²) in [5.41, 5.74) is 2.37. The van der Waals surface area contributed by atoms with Crippen LogP contribution in [0.3, 0.4) is 0 Å². The fraction of sp³-hybridized carbons (Fsp3) is 0.593. The average molecular weight is 484 g/mol. The largest absolute Gasteiger partial charge is 0.496 e. The second-order valence-corrected chi connectivity index (χ2v) is 11.5. The first kappa shape index (κ1) is 23.5. The molecule has 4 saturated carbocycles. The molecule has 4 bridgehead atoms. The summed E-state index contributed by atoms with van der Waals surface area (Å²) < 4.78 is 10.7. The second-order valence-electron chi connectivity index (χ2n) is 10.5. The van der Waals surface area contributed by atoms with Crippen LogP contribution in [-0.2, 0) is 19.7 Å². The lowest BCUT2D eigenvalue weighted by Crippen LogP contribution is -2.48. The summed E-state index contributed by atoms with van der Waals surface area (Å²) in [5, 5.41) is -0.445. The van der Waals surface area contributed by atoms with Crippen LogP contribution in [0.1, 0.15) is 69.4 Å². The maximum absolute atomic E-state index is 13.0. The third-order valence-corrected chi connectivity index (χ3v) is 9.00. The molecule has 0 N–H and O–H groups in total. The highest BCUT2D eigenvalue weighted by Crippen LogP contribution is 2.61. The molecule has 0 atom stereocenters. The van der Waals surface area contributed by atoms with Crippen LogP contribution in [0.15, 0.2) is 23.1 Å². The minimum atomic E-state index is -0.557. The van der Waals surface area contributed by atoms with E-state index < -0.39 is 17.1 Å². The second kappa shape index (κ2) is 9.40. The predicted octanol–water partition coefficient (Wildman–Crippen LogP) is 5.54. The van der Waals surface area contributed by atoms with Gasteiger partial charge in [0.25, 0.3) is 11.1 Å². The minimum Gasteiger partial charge on any atom is -0.496 e. The van der Waals surface area contributed by atoms with E-state index in [1.54, 1.807) is 13.2 Å². The quantitative estimate of drug-likeness (QED) is 0.275. The topological polar surface area (TPSA) is 72.9 Å². The molecular formula is C27H33NO5S. The summed E-state index contributed by atoms with van der Waals surface area (Å²) in [6.07, 6.45) is 11.3. The van der Waals surface area contributed by atoms with Crippen LogP contribution in [-0.4, -0.2) is 42.3 Å². The summed E-state index contributed by atoms with van der Waals surface area (Å²) in [6, 6.07) is 6.36. The molecule has 7 heteroatoms. The number of esters is 1. The molecule has 5 aliphatic rings. The van der Waals surface area contributed by atoms with E-state index in [-0.39, 0.29) is 12.0 Å². The number of benzene rings is 1. The van der Waals surface area contributed by atoms with Crippen molar-refractivity contribution in [1.29, 1.82) is 0 Å². The Labute approximate surface area is 205 Å². The average Bonchev–Trinajstić information content (AvgIpc) is 3.05. The predicted molar refractivity (Wildman–Crippen MR) is 131 cm³/mol. The number of carbonyl (C=O) groups is 3. The number of unbranched alkanes of at least 4 members (excludes halogenated alkanes) is 1. The van der Waals surface area contributed by atoms with Crippen molar-refractivity contribution in [3.8, 4) is 5.75 Å². The van der Waals surface area contributed by atoms with E-state index in [1.807, 2.05) is 13.0 Å². The maximum Gasteiger partial charge on any atom is 0.326 e. The van der Waals surface area contributed by atoms with Crippen LogP contribution in [0.25, 0.3) is 6.08 Å². The summed E-state index contributed by atoms with van der Waals surface area (Å²) in [7, 11) is 1.62. The number of ether oxygens (including phenoxy) is 2. The highest BCUT2D eigenvalue weighted by molar-refractivity contribution is 8.18. The molecule has 1 heterocycles. The first-order valence-corrected chi connectivity index (χ1v) is 13.3. The standard InChI is InChI=1S/C27H33NO5S/c1-3-4-7-33-24(29)16-28-25(30)23(34-26(28)31)12-20-11-21(5-6-22(20)32-2)27-13-17-8-18(14-27)10-19(9-17)15-27/h5-6,11-12,17-19H,3-4,7-10,13-16H2,1-2H3/b23-12+. The van der Waals surface area contributed by atoms with Gasteiger partial charge in [0.05, 0.1) is 18.6 Å². The van der Waals surface area contributed by atoms with E-state index in [1.165, 1.54) is 44.1 Å². The third-order valence-electron chi connectivity index (χ3n) is 8.09. The molecule has 1 aliphatic heterocycles. The molecule has 0 spiro atoms. The number of hydrogen-bond donors (Lipinski definition) is 0. The first-order valence-electron chi connectivity index (χ1n) is 12.5. The van der Waals surface area contributed by atoms with Gasteiger partial charge in [-0.2, -0.15) is 0 Å². The summed E-state index contributed by atoms with van der Waals surface area (Å²) in [6.45, 7) is 1.95. The van der Waals surface area contributed by atoms with Crippen LogP contribution >= 0.6 is 11.8 Å². The monoisotopic (exact) mass is 483 g/mol. The van der Waals surface area contributed by atoms with Gasteiger partial charge in [-0.05, 0) is 104 Å². The van der Waals surface area contributed by atoms with Crippen LogP contribution in [0.4, 0.5) is 4.79 Å². The number of carbonyl (C=O) groups excluding carboxylic acids is 3. The Kier molecular flexibility index (Phi) is 6.49.